The van der Waals surface area contributed by atoms with Crippen LogP contribution in [0.4, 0.5) is 0 Å². The van der Waals surface area contributed by atoms with Crippen LogP contribution in [-0.4, -0.2) is 15.1 Å². The highest BCUT2D eigenvalue weighted by Crippen LogP contribution is 2.15. The summed E-state index contributed by atoms with van der Waals surface area (Å²) in [4.78, 5) is 8.03. The van der Waals surface area contributed by atoms with Crippen LogP contribution in [0.1, 0.15) is 5.56 Å². The molecule has 1 N–H and O–H groups in total. The molecule has 2 aromatic rings. The maximum Gasteiger partial charge on any atom is 0.159 e. The summed E-state index contributed by atoms with van der Waals surface area (Å²) >= 11 is 0. The van der Waals surface area contributed by atoms with Gasteiger partial charge in [0.1, 0.15) is 0 Å². The molecule has 3 heteroatoms. The van der Waals surface area contributed by atoms with Gasteiger partial charge in [-0.1, -0.05) is 29.8 Å². The molecular formula is C11H10N2O. The Morgan fingerprint density at radius 1 is 1.00 bits per heavy atom. The molecule has 0 radical (unpaired) electrons. The quantitative estimate of drug-likeness (QED) is 0.742. The van der Waals surface area contributed by atoms with E-state index in [1.807, 2.05) is 31.2 Å². The molecule has 0 amide bonds. The summed E-state index contributed by atoms with van der Waals surface area (Å²) in [5, 5.41) is 9.02. The van der Waals surface area contributed by atoms with E-state index in [1.165, 1.54) is 18.0 Å². The molecule has 0 bridgehead atoms. The Bertz CT molecular complexity index is 377. The number of hydrogen-bond acceptors (Lipinski definition) is 3. The van der Waals surface area contributed by atoms with Gasteiger partial charge in [0.15, 0.2) is 11.6 Å². The lowest BCUT2D eigenvalue weighted by atomic mass is 10.1. The maximum atomic E-state index is 9.02. The van der Waals surface area contributed by atoms with Crippen molar-refractivity contribution in [2.75, 3.05) is 0 Å². The predicted molar refractivity (Wildman–Crippen MR) is 53.9 cm³/mol. The van der Waals surface area contributed by atoms with Gasteiger partial charge in [-0.2, -0.15) is 0 Å². The fourth-order valence-electron chi connectivity index (χ4n) is 1.17. The lowest BCUT2D eigenvalue weighted by Gasteiger charge is -1.99. The van der Waals surface area contributed by atoms with Crippen molar-refractivity contribution in [3.63, 3.8) is 0 Å². The molecule has 2 rings (SSSR count). The second kappa shape index (κ2) is 3.46. The molecule has 0 aliphatic carbocycles. The maximum absolute atomic E-state index is 9.02. The molecule has 70 valence electrons. The third-order valence-electron chi connectivity index (χ3n) is 1.95. The molecule has 1 aromatic carbocycles. The van der Waals surface area contributed by atoms with Gasteiger partial charge in [0.2, 0.25) is 0 Å². The first-order chi connectivity index (χ1) is 6.75. The van der Waals surface area contributed by atoms with Crippen molar-refractivity contribution in [3.8, 4) is 17.1 Å². The van der Waals surface area contributed by atoms with E-state index >= 15 is 0 Å². The average molecular weight is 186 g/mol. The van der Waals surface area contributed by atoms with E-state index in [9.17, 15) is 0 Å². The zero-order chi connectivity index (χ0) is 9.97. The van der Waals surface area contributed by atoms with Crippen LogP contribution in [0.25, 0.3) is 11.4 Å². The fourth-order valence-corrected chi connectivity index (χ4v) is 1.17. The minimum atomic E-state index is 0.0841. The zero-order valence-electron chi connectivity index (χ0n) is 7.81. The number of rotatable bonds is 1. The molecule has 0 aliphatic heterocycles. The Morgan fingerprint density at radius 3 is 2.14 bits per heavy atom. The van der Waals surface area contributed by atoms with Crippen LogP contribution in [0.5, 0.6) is 5.75 Å². The monoisotopic (exact) mass is 186 g/mol. The summed E-state index contributed by atoms with van der Waals surface area (Å²) in [7, 11) is 0. The van der Waals surface area contributed by atoms with Gasteiger partial charge < -0.3 is 5.11 Å². The SMILES string of the molecule is Cc1ccc(-c2ncc(O)cn2)cc1. The topological polar surface area (TPSA) is 46.0 Å². The van der Waals surface area contributed by atoms with E-state index in [1.54, 1.807) is 0 Å². The summed E-state index contributed by atoms with van der Waals surface area (Å²) in [5.74, 6) is 0.712. The third-order valence-corrected chi connectivity index (χ3v) is 1.95. The smallest absolute Gasteiger partial charge is 0.159 e. The number of hydrogen-bond donors (Lipinski definition) is 1. The Balaban J connectivity index is 2.40. The highest BCUT2D eigenvalue weighted by molar-refractivity contribution is 5.55. The second-order valence-electron chi connectivity index (χ2n) is 3.13. The lowest BCUT2D eigenvalue weighted by Crippen LogP contribution is -1.86. The van der Waals surface area contributed by atoms with Crippen molar-refractivity contribution in [1.29, 1.82) is 0 Å². The van der Waals surface area contributed by atoms with E-state index in [0.29, 0.717) is 5.82 Å². The molecule has 3 nitrogen and oxygen atoms in total. The summed E-state index contributed by atoms with van der Waals surface area (Å²) in [6.07, 6.45) is 2.78. The predicted octanol–water partition coefficient (Wildman–Crippen LogP) is 2.16. The van der Waals surface area contributed by atoms with Gasteiger partial charge in [-0.25, -0.2) is 9.97 Å². The molecule has 0 saturated carbocycles. The van der Waals surface area contributed by atoms with Gasteiger partial charge in [-0.3, -0.25) is 0 Å². The van der Waals surface area contributed by atoms with E-state index in [0.717, 1.165) is 5.56 Å². The summed E-state index contributed by atoms with van der Waals surface area (Å²) in [6, 6.07) is 7.93. The summed E-state index contributed by atoms with van der Waals surface area (Å²) < 4.78 is 0. The first kappa shape index (κ1) is 8.69. The minimum absolute atomic E-state index is 0.0841. The standard InChI is InChI=1S/C11H10N2O/c1-8-2-4-9(5-3-8)11-12-6-10(14)7-13-11/h2-7,14H,1H3. The Morgan fingerprint density at radius 2 is 1.57 bits per heavy atom. The Hall–Kier alpha value is -1.90. The number of nitrogens with zero attached hydrogens (tertiary/aromatic N) is 2. The molecule has 14 heavy (non-hydrogen) atoms. The van der Waals surface area contributed by atoms with Crippen LogP contribution in [0, 0.1) is 6.92 Å². The molecule has 0 fully saturated rings. The van der Waals surface area contributed by atoms with Crippen molar-refractivity contribution in [2.45, 2.75) is 6.92 Å². The van der Waals surface area contributed by atoms with E-state index in [4.69, 9.17) is 5.11 Å². The number of aryl methyl sites for hydroxylation is 1. The molecule has 0 unspecified atom stereocenters. The van der Waals surface area contributed by atoms with Gasteiger partial charge in [0, 0.05) is 5.56 Å². The molecule has 1 aromatic heterocycles. The van der Waals surface area contributed by atoms with Gasteiger partial charge in [0.05, 0.1) is 12.4 Å². The van der Waals surface area contributed by atoms with E-state index < -0.39 is 0 Å². The van der Waals surface area contributed by atoms with Crippen LogP contribution in [0.2, 0.25) is 0 Å². The molecule has 0 spiro atoms. The van der Waals surface area contributed by atoms with Crippen LogP contribution < -0.4 is 0 Å². The van der Waals surface area contributed by atoms with Crippen molar-refractivity contribution < 1.29 is 5.11 Å². The average Bonchev–Trinajstić information content (AvgIpc) is 2.21. The first-order valence-electron chi connectivity index (χ1n) is 4.34. The van der Waals surface area contributed by atoms with Crippen molar-refractivity contribution >= 4 is 0 Å². The lowest BCUT2D eigenvalue weighted by molar-refractivity contribution is 0.470. The van der Waals surface area contributed by atoms with E-state index in [2.05, 4.69) is 9.97 Å². The number of benzene rings is 1. The number of aromatic hydroxyl groups is 1. The fraction of sp³-hybridized carbons (Fsp3) is 0.0909. The van der Waals surface area contributed by atoms with Crippen molar-refractivity contribution in [1.82, 2.24) is 9.97 Å². The van der Waals surface area contributed by atoms with Crippen molar-refractivity contribution in [2.24, 2.45) is 0 Å². The molecule has 0 atom stereocenters. The van der Waals surface area contributed by atoms with Crippen LogP contribution >= 0.6 is 0 Å². The molecule has 0 aliphatic rings. The highest BCUT2D eigenvalue weighted by Gasteiger charge is 1.99. The van der Waals surface area contributed by atoms with Crippen molar-refractivity contribution in [3.05, 3.63) is 42.2 Å². The van der Waals surface area contributed by atoms with Crippen LogP contribution in [0.15, 0.2) is 36.7 Å². The minimum Gasteiger partial charge on any atom is -0.505 e. The van der Waals surface area contributed by atoms with Crippen LogP contribution in [-0.2, 0) is 0 Å². The zero-order valence-corrected chi connectivity index (χ0v) is 7.81. The summed E-state index contributed by atoms with van der Waals surface area (Å²) in [5.41, 5.74) is 2.16. The molecule has 0 saturated heterocycles. The van der Waals surface area contributed by atoms with E-state index in [-0.39, 0.29) is 5.75 Å². The Labute approximate surface area is 82.1 Å². The normalized spacial score (nSPS) is 10.1. The molecule has 1 heterocycles. The van der Waals surface area contributed by atoms with Gasteiger partial charge in [0.25, 0.3) is 0 Å². The number of aromatic nitrogens is 2. The second-order valence-corrected chi connectivity index (χ2v) is 3.13. The van der Waals surface area contributed by atoms with Gasteiger partial charge in [-0.15, -0.1) is 0 Å². The van der Waals surface area contributed by atoms with Crippen LogP contribution in [0.3, 0.4) is 0 Å². The Kier molecular flexibility index (Phi) is 2.14. The first-order valence-corrected chi connectivity index (χ1v) is 4.34. The summed E-state index contributed by atoms with van der Waals surface area (Å²) in [6.45, 7) is 2.03. The highest BCUT2D eigenvalue weighted by atomic mass is 16.3. The third kappa shape index (κ3) is 1.71. The van der Waals surface area contributed by atoms with Gasteiger partial charge >= 0.3 is 0 Å². The molecular weight excluding hydrogens is 176 g/mol. The largest absolute Gasteiger partial charge is 0.505 e. The van der Waals surface area contributed by atoms with Gasteiger partial charge in [-0.05, 0) is 6.92 Å².